The first kappa shape index (κ1) is 8.62. The quantitative estimate of drug-likeness (QED) is 0.298. The Morgan fingerprint density at radius 2 is 2.22 bits per heavy atom. The molecule has 4 N–H and O–H groups in total. The van der Waals surface area contributed by atoms with Gasteiger partial charge in [-0.05, 0) is 6.42 Å². The van der Waals surface area contributed by atoms with Crippen molar-refractivity contribution in [1.29, 1.82) is 0 Å². The summed E-state index contributed by atoms with van der Waals surface area (Å²) >= 11 is 4.05. The van der Waals surface area contributed by atoms with E-state index in [1.54, 1.807) is 0 Å². The van der Waals surface area contributed by atoms with Gasteiger partial charge in [0.2, 0.25) is 0 Å². The summed E-state index contributed by atoms with van der Waals surface area (Å²) in [4.78, 5) is 3.91. The van der Waals surface area contributed by atoms with E-state index in [2.05, 4.69) is 17.6 Å². The molecule has 0 rings (SSSR count). The third kappa shape index (κ3) is 4.14. The zero-order valence-electron chi connectivity index (χ0n) is 5.54. The van der Waals surface area contributed by atoms with Crippen LogP contribution in [0, 0.1) is 0 Å². The van der Waals surface area contributed by atoms with E-state index in [9.17, 15) is 0 Å². The molecule has 54 valence electrons. The third-order valence-electron chi connectivity index (χ3n) is 1.01. The minimum atomic E-state index is 0.149. The van der Waals surface area contributed by atoms with E-state index in [0.29, 0.717) is 5.75 Å². The molecule has 0 aromatic rings. The van der Waals surface area contributed by atoms with Crippen LogP contribution in [0.15, 0.2) is 4.99 Å². The van der Waals surface area contributed by atoms with Crippen LogP contribution in [-0.2, 0) is 0 Å². The van der Waals surface area contributed by atoms with Gasteiger partial charge in [0.1, 0.15) is 0 Å². The van der Waals surface area contributed by atoms with Crippen LogP contribution in [-0.4, -0.2) is 17.8 Å². The Kier molecular flexibility index (Phi) is 4.30. The van der Waals surface area contributed by atoms with Gasteiger partial charge in [0.25, 0.3) is 0 Å². The van der Waals surface area contributed by atoms with Crippen molar-refractivity contribution in [3.05, 3.63) is 0 Å². The largest absolute Gasteiger partial charge is 0.370 e. The fraction of sp³-hybridized carbons (Fsp3) is 0.800. The monoisotopic (exact) mass is 147 g/mol. The number of aliphatic imine (C=N–C) groups is 1. The zero-order valence-corrected chi connectivity index (χ0v) is 6.44. The Labute approximate surface area is 60.9 Å². The number of rotatable bonds is 3. The number of hydrogen-bond acceptors (Lipinski definition) is 2. The number of hydrogen-bond donors (Lipinski definition) is 3. The Morgan fingerprint density at radius 3 is 2.33 bits per heavy atom. The Balaban J connectivity index is 3.68. The van der Waals surface area contributed by atoms with Gasteiger partial charge < -0.3 is 11.5 Å². The summed E-state index contributed by atoms with van der Waals surface area (Å²) in [5.41, 5.74) is 10.3. The highest BCUT2D eigenvalue weighted by molar-refractivity contribution is 7.80. The highest BCUT2D eigenvalue weighted by atomic mass is 32.1. The summed E-state index contributed by atoms with van der Waals surface area (Å²) in [5, 5.41) is 0. The highest BCUT2D eigenvalue weighted by Gasteiger charge is 1.98. The molecule has 0 heterocycles. The first-order valence-electron chi connectivity index (χ1n) is 2.90. The van der Waals surface area contributed by atoms with E-state index in [1.165, 1.54) is 0 Å². The van der Waals surface area contributed by atoms with Gasteiger partial charge in [-0.1, -0.05) is 6.92 Å². The van der Waals surface area contributed by atoms with Crippen LogP contribution < -0.4 is 11.5 Å². The molecule has 0 radical (unpaired) electrons. The van der Waals surface area contributed by atoms with E-state index in [0.717, 1.165) is 6.42 Å². The van der Waals surface area contributed by atoms with E-state index in [4.69, 9.17) is 11.5 Å². The molecule has 4 heteroatoms. The summed E-state index contributed by atoms with van der Waals surface area (Å²) in [6.07, 6.45) is 0.932. The Bertz CT molecular complexity index is 94.4. The number of nitrogens with zero attached hydrogens (tertiary/aromatic N) is 1. The smallest absolute Gasteiger partial charge is 0.186 e. The molecule has 0 aromatic carbocycles. The van der Waals surface area contributed by atoms with Crippen LogP contribution in [0.1, 0.15) is 13.3 Å². The topological polar surface area (TPSA) is 64.4 Å². The molecule has 0 aliphatic rings. The summed E-state index contributed by atoms with van der Waals surface area (Å²) in [6.45, 7) is 2.02. The van der Waals surface area contributed by atoms with Gasteiger partial charge >= 0.3 is 0 Å². The van der Waals surface area contributed by atoms with Crippen molar-refractivity contribution < 1.29 is 0 Å². The normalized spacial score (nSPS) is 12.7. The summed E-state index contributed by atoms with van der Waals surface area (Å²) in [7, 11) is 0. The summed E-state index contributed by atoms with van der Waals surface area (Å²) in [6, 6.07) is 0.179. The lowest BCUT2D eigenvalue weighted by atomic mass is 10.3. The van der Waals surface area contributed by atoms with E-state index in [-0.39, 0.29) is 12.0 Å². The van der Waals surface area contributed by atoms with Crippen molar-refractivity contribution in [3.63, 3.8) is 0 Å². The van der Waals surface area contributed by atoms with Gasteiger partial charge in [-0.2, -0.15) is 12.6 Å². The standard InChI is InChI=1S/C5H13N3S/c1-2-4(3-9)8-5(6)7/h4,9H,2-3H2,1H3,(H4,6,7,8). The van der Waals surface area contributed by atoms with Gasteiger partial charge in [0.05, 0.1) is 6.04 Å². The number of guanidine groups is 1. The maximum Gasteiger partial charge on any atom is 0.186 e. The molecule has 0 spiro atoms. The second-order valence-corrected chi connectivity index (χ2v) is 2.16. The first-order valence-corrected chi connectivity index (χ1v) is 3.53. The molecule has 0 saturated heterocycles. The van der Waals surface area contributed by atoms with Crippen LogP contribution >= 0.6 is 12.6 Å². The maximum absolute atomic E-state index is 5.14. The zero-order chi connectivity index (χ0) is 7.28. The predicted octanol–water partition coefficient (Wildman–Crippen LogP) is -0.0318. The van der Waals surface area contributed by atoms with Crippen molar-refractivity contribution in [2.75, 3.05) is 5.75 Å². The lowest BCUT2D eigenvalue weighted by molar-refractivity contribution is 0.726. The molecule has 3 nitrogen and oxygen atoms in total. The predicted molar refractivity (Wildman–Crippen MR) is 43.7 cm³/mol. The van der Waals surface area contributed by atoms with E-state index < -0.39 is 0 Å². The average molecular weight is 147 g/mol. The minimum Gasteiger partial charge on any atom is -0.370 e. The molecule has 0 aliphatic carbocycles. The molecule has 1 unspecified atom stereocenters. The molecule has 0 saturated carbocycles. The lowest BCUT2D eigenvalue weighted by Gasteiger charge is -2.04. The van der Waals surface area contributed by atoms with Gasteiger partial charge in [0.15, 0.2) is 5.96 Å². The van der Waals surface area contributed by atoms with Crippen molar-refractivity contribution in [1.82, 2.24) is 0 Å². The van der Waals surface area contributed by atoms with Crippen LogP contribution in [0.3, 0.4) is 0 Å². The summed E-state index contributed by atoms with van der Waals surface area (Å²) in [5.74, 6) is 0.852. The second kappa shape index (κ2) is 4.49. The fourth-order valence-corrected chi connectivity index (χ4v) is 0.812. The Morgan fingerprint density at radius 1 is 1.67 bits per heavy atom. The summed E-state index contributed by atoms with van der Waals surface area (Å²) < 4.78 is 0. The molecule has 0 aliphatic heterocycles. The first-order chi connectivity index (χ1) is 4.20. The van der Waals surface area contributed by atoms with Crippen molar-refractivity contribution in [2.24, 2.45) is 16.5 Å². The van der Waals surface area contributed by atoms with Gasteiger partial charge in [0, 0.05) is 5.75 Å². The van der Waals surface area contributed by atoms with E-state index >= 15 is 0 Å². The minimum absolute atomic E-state index is 0.149. The molecule has 0 amide bonds. The molecule has 0 aromatic heterocycles. The molecule has 0 bridgehead atoms. The maximum atomic E-state index is 5.14. The molecule has 0 fully saturated rings. The lowest BCUT2D eigenvalue weighted by Crippen LogP contribution is -2.25. The van der Waals surface area contributed by atoms with Gasteiger partial charge in [-0.25, -0.2) is 4.99 Å². The molecular weight excluding hydrogens is 134 g/mol. The average Bonchev–Trinajstić information content (AvgIpc) is 1.82. The van der Waals surface area contributed by atoms with Crippen LogP contribution in [0.5, 0.6) is 0 Å². The van der Waals surface area contributed by atoms with Gasteiger partial charge in [-0.3, -0.25) is 0 Å². The van der Waals surface area contributed by atoms with Crippen LogP contribution in [0.4, 0.5) is 0 Å². The van der Waals surface area contributed by atoms with Crippen molar-refractivity contribution in [2.45, 2.75) is 19.4 Å². The van der Waals surface area contributed by atoms with Crippen molar-refractivity contribution >= 4 is 18.6 Å². The highest BCUT2D eigenvalue weighted by Crippen LogP contribution is 1.97. The second-order valence-electron chi connectivity index (χ2n) is 1.80. The number of thiol groups is 1. The Hall–Kier alpha value is -0.380. The molecular formula is C5H13N3S. The van der Waals surface area contributed by atoms with Crippen molar-refractivity contribution in [3.8, 4) is 0 Å². The van der Waals surface area contributed by atoms with Crippen LogP contribution in [0.2, 0.25) is 0 Å². The third-order valence-corrected chi connectivity index (χ3v) is 1.44. The van der Waals surface area contributed by atoms with E-state index in [1.807, 2.05) is 6.92 Å². The van der Waals surface area contributed by atoms with Gasteiger partial charge in [-0.15, -0.1) is 0 Å². The number of nitrogens with two attached hydrogens (primary N) is 2. The fourth-order valence-electron chi connectivity index (χ4n) is 0.472. The SMILES string of the molecule is CCC(CS)N=C(N)N. The molecule has 9 heavy (non-hydrogen) atoms. The molecule has 1 atom stereocenters. The van der Waals surface area contributed by atoms with Crippen LogP contribution in [0.25, 0.3) is 0 Å².